The van der Waals surface area contributed by atoms with Crippen molar-refractivity contribution in [2.75, 3.05) is 11.9 Å². The van der Waals surface area contributed by atoms with E-state index in [-0.39, 0.29) is 40.5 Å². The summed E-state index contributed by atoms with van der Waals surface area (Å²) in [6.07, 6.45) is 3.41. The number of non-ortho nitro benzene ring substituents is 2. The predicted molar refractivity (Wildman–Crippen MR) is 165 cm³/mol. The van der Waals surface area contributed by atoms with Crippen molar-refractivity contribution in [3.8, 4) is 0 Å². The third-order valence-corrected chi connectivity index (χ3v) is 9.17. The Bertz CT molecular complexity index is 1870. The summed E-state index contributed by atoms with van der Waals surface area (Å²) in [4.78, 5) is 51.0. The van der Waals surface area contributed by atoms with E-state index in [4.69, 9.17) is 0 Å². The molecule has 2 aliphatic heterocycles. The van der Waals surface area contributed by atoms with Crippen molar-refractivity contribution in [3.05, 3.63) is 127 Å². The highest BCUT2D eigenvalue weighted by molar-refractivity contribution is 6.41. The molecule has 0 radical (unpaired) electrons. The molecule has 0 aromatic heterocycles. The normalized spacial score (nSPS) is 20.5. The van der Waals surface area contributed by atoms with Gasteiger partial charge in [-0.1, -0.05) is 50.2 Å². The molecule has 0 amide bonds. The fourth-order valence-corrected chi connectivity index (χ4v) is 6.80. The summed E-state index contributed by atoms with van der Waals surface area (Å²) in [7, 11) is 1.94. The van der Waals surface area contributed by atoms with Gasteiger partial charge < -0.3 is 4.90 Å². The maximum atomic E-state index is 13.6. The first kappa shape index (κ1) is 28.9. The number of carbonyl (C=O) groups excluding carboxylic acids is 2. The molecule has 1 saturated carbocycles. The number of carbonyl (C=O) groups is 2. The number of hydrogen-bond donors (Lipinski definition) is 0. The number of nitrogens with zero attached hydrogens (tertiary/aromatic N) is 4. The van der Waals surface area contributed by atoms with Gasteiger partial charge in [-0.05, 0) is 31.6 Å². The van der Waals surface area contributed by atoms with Crippen LogP contribution < -0.4 is 4.90 Å². The van der Waals surface area contributed by atoms with Crippen LogP contribution >= 0.6 is 0 Å². The van der Waals surface area contributed by atoms with E-state index in [9.17, 15) is 29.8 Å². The van der Waals surface area contributed by atoms with Crippen LogP contribution in [0.2, 0.25) is 0 Å². The topological polar surface area (TPSA) is 127 Å². The minimum atomic E-state index is -0.896. The highest BCUT2D eigenvalue weighted by Gasteiger charge is 2.50. The van der Waals surface area contributed by atoms with Crippen LogP contribution in [0, 0.1) is 26.1 Å². The lowest BCUT2D eigenvalue weighted by Crippen LogP contribution is -2.42. The van der Waals surface area contributed by atoms with E-state index in [1.807, 2.05) is 72.8 Å². The molecule has 222 valence electrons. The van der Waals surface area contributed by atoms with Crippen LogP contribution in [0.4, 0.5) is 22.7 Å². The summed E-state index contributed by atoms with van der Waals surface area (Å²) < 4.78 is 1.88. The Hall–Kier alpha value is -5.25. The third-order valence-electron chi connectivity index (χ3n) is 9.17. The lowest BCUT2D eigenvalue weighted by atomic mass is 9.72. The zero-order chi connectivity index (χ0) is 31.7. The molecule has 0 unspecified atom stereocenters. The number of Topliss-reactive ketones (excluding diaryl/α,β-unsaturated/α-hetero) is 2. The van der Waals surface area contributed by atoms with E-state index >= 15 is 0 Å². The quantitative estimate of drug-likeness (QED) is 0.0848. The van der Waals surface area contributed by atoms with E-state index in [2.05, 4.69) is 19.9 Å². The summed E-state index contributed by atoms with van der Waals surface area (Å²) in [5.41, 5.74) is 4.11. The van der Waals surface area contributed by atoms with Crippen LogP contribution in [-0.4, -0.2) is 38.7 Å². The van der Waals surface area contributed by atoms with Crippen molar-refractivity contribution < 1.29 is 24.0 Å². The number of fused-ring (bicyclic) bond motifs is 2. The molecule has 10 heteroatoms. The molecule has 3 aromatic carbocycles. The Labute approximate surface area is 253 Å². The van der Waals surface area contributed by atoms with E-state index < -0.39 is 21.2 Å². The average Bonchev–Trinajstić information content (AvgIpc) is 3.32. The number of allylic oxidation sites excluding steroid dienone is 4. The number of benzene rings is 3. The minimum Gasteiger partial charge on any atom is -0.347 e. The highest BCUT2D eigenvalue weighted by atomic mass is 16.6. The van der Waals surface area contributed by atoms with Crippen molar-refractivity contribution in [2.45, 2.75) is 45.1 Å². The van der Waals surface area contributed by atoms with Gasteiger partial charge in [-0.3, -0.25) is 29.8 Å². The lowest BCUT2D eigenvalue weighted by molar-refractivity contribution is -0.455. The average molecular weight is 592 g/mol. The highest BCUT2D eigenvalue weighted by Crippen LogP contribution is 2.48. The number of nitro groups is 2. The van der Waals surface area contributed by atoms with Gasteiger partial charge >= 0.3 is 0 Å². The summed E-state index contributed by atoms with van der Waals surface area (Å²) in [5.74, 6) is -1.44. The molecule has 3 aliphatic rings. The first-order valence-corrected chi connectivity index (χ1v) is 14.3. The number of hydrogen-bond acceptors (Lipinski definition) is 7. The molecule has 3 aromatic rings. The molecule has 10 nitrogen and oxygen atoms in total. The molecular weight excluding hydrogens is 560 g/mol. The van der Waals surface area contributed by atoms with Crippen LogP contribution in [0.15, 0.2) is 90.2 Å². The van der Waals surface area contributed by atoms with Gasteiger partial charge in [-0.15, -0.1) is 0 Å². The monoisotopic (exact) mass is 591 g/mol. The Morgan fingerprint density at radius 3 is 2.00 bits per heavy atom. The second-order valence-electron chi connectivity index (χ2n) is 12.5. The largest absolute Gasteiger partial charge is 0.347 e. The number of ketones is 2. The Morgan fingerprint density at radius 1 is 0.841 bits per heavy atom. The van der Waals surface area contributed by atoms with Gasteiger partial charge in [-0.25, -0.2) is 0 Å². The fourth-order valence-electron chi connectivity index (χ4n) is 6.80. The zero-order valence-corrected chi connectivity index (χ0v) is 25.0. The van der Waals surface area contributed by atoms with Crippen LogP contribution in [0.3, 0.4) is 0 Å². The number of likely N-dealkylation sites (N-methyl/N-ethyl adjacent to an activating group) is 1. The van der Waals surface area contributed by atoms with Crippen LogP contribution in [0.25, 0.3) is 0 Å². The van der Waals surface area contributed by atoms with Crippen molar-refractivity contribution in [1.29, 1.82) is 0 Å². The number of para-hydroxylation sites is 2. The summed E-state index contributed by atoms with van der Waals surface area (Å²) in [6, 6.07) is 19.2. The molecule has 0 atom stereocenters. The molecule has 1 aliphatic carbocycles. The first-order chi connectivity index (χ1) is 20.7. The number of rotatable bonds is 6. The van der Waals surface area contributed by atoms with Crippen molar-refractivity contribution in [2.24, 2.45) is 5.92 Å². The smallest absolute Gasteiger partial charge is 0.276 e. The van der Waals surface area contributed by atoms with Crippen LogP contribution in [0.5, 0.6) is 0 Å². The van der Waals surface area contributed by atoms with E-state index in [1.54, 1.807) is 12.2 Å². The van der Waals surface area contributed by atoms with E-state index in [0.29, 0.717) is 11.3 Å². The van der Waals surface area contributed by atoms with Gasteiger partial charge in [-0.2, -0.15) is 4.58 Å². The van der Waals surface area contributed by atoms with E-state index in [0.717, 1.165) is 34.3 Å². The maximum Gasteiger partial charge on any atom is 0.276 e. The molecule has 2 heterocycles. The molecule has 6 rings (SSSR count). The molecule has 1 fully saturated rings. The Morgan fingerprint density at radius 2 is 1.41 bits per heavy atom. The number of nitro benzene ring substituents is 2. The van der Waals surface area contributed by atoms with Gasteiger partial charge in [0.2, 0.25) is 5.69 Å². The molecule has 0 spiro atoms. The molecule has 0 N–H and O–H groups in total. The SMILES string of the molecule is CN1/C(=C\C2C(=O)C(=CC3=[N+](Cc4cc([N+](=O)[O-])cc([N+](=O)[O-])c4)c4ccccc4C3(C)C)C2=O)C(C)(C)c2ccccc21. The minimum absolute atomic E-state index is 0.0647. The maximum absolute atomic E-state index is 13.6. The first-order valence-electron chi connectivity index (χ1n) is 14.3. The van der Waals surface area contributed by atoms with Gasteiger partial charge in [0.25, 0.3) is 11.4 Å². The molecule has 0 bridgehead atoms. The molecule has 44 heavy (non-hydrogen) atoms. The summed E-state index contributed by atoms with van der Waals surface area (Å²) in [5, 5.41) is 23.1. The van der Waals surface area contributed by atoms with Crippen LogP contribution in [-0.2, 0) is 27.0 Å². The summed E-state index contributed by atoms with van der Waals surface area (Å²) in [6.45, 7) is 8.18. The lowest BCUT2D eigenvalue weighted by Gasteiger charge is -2.29. The Balaban J connectivity index is 1.41. The Kier molecular flexibility index (Phi) is 6.49. The summed E-state index contributed by atoms with van der Waals surface area (Å²) >= 11 is 0. The third kappa shape index (κ3) is 4.28. The van der Waals surface area contributed by atoms with Gasteiger partial charge in [0.1, 0.15) is 5.92 Å². The fraction of sp³-hybridized carbons (Fsp3) is 0.265. The number of anilines is 1. The van der Waals surface area contributed by atoms with Gasteiger partial charge in [0.05, 0.1) is 26.9 Å². The zero-order valence-electron chi connectivity index (χ0n) is 25.0. The van der Waals surface area contributed by atoms with E-state index in [1.165, 1.54) is 12.1 Å². The standard InChI is InChI=1S/C34H31N4O6/c1-33(2)25-10-6-8-12-27(25)35(5)29(33)17-23-31(39)24(32(23)40)18-30-34(3,4)26-11-7-9-13-28(26)36(30)19-20-14-21(37(41)42)16-22(15-20)38(43)44/h6-18,23H,19H2,1-5H3/q+1/b24-18?,29-17-. The van der Waals surface area contributed by atoms with Crippen molar-refractivity contribution >= 4 is 40.0 Å². The molecule has 0 saturated heterocycles. The molecular formula is C34H31N4O6+. The van der Waals surface area contributed by atoms with Gasteiger partial charge in [0.15, 0.2) is 23.8 Å². The predicted octanol–water partition coefficient (Wildman–Crippen LogP) is 6.09. The van der Waals surface area contributed by atoms with Crippen molar-refractivity contribution in [3.63, 3.8) is 0 Å². The second kappa shape index (κ2) is 9.90. The second-order valence-corrected chi connectivity index (χ2v) is 12.5. The van der Waals surface area contributed by atoms with Gasteiger partial charge in [0, 0.05) is 59.2 Å². The van der Waals surface area contributed by atoms with Crippen molar-refractivity contribution in [1.82, 2.24) is 0 Å². The van der Waals surface area contributed by atoms with Crippen LogP contribution in [0.1, 0.15) is 44.4 Å².